The van der Waals surface area contributed by atoms with Crippen LogP contribution in [0.5, 0.6) is 0 Å². The molecule has 1 aromatic rings. The SMILES string of the molecule is CCS[C@@H]1O[C@H](COCc2ccccc2)[C@@H](O)[C@H](O[C@@H]2O[C@H](CO)[C@H](O)[C@H](O)[C@H]2NC(C)=O)[C@H]1N. The van der Waals surface area contributed by atoms with Crippen LogP contribution >= 0.6 is 11.8 Å². The summed E-state index contributed by atoms with van der Waals surface area (Å²) in [5.74, 6) is 0.217. The number of ether oxygens (including phenoxy) is 4. The van der Waals surface area contributed by atoms with Crippen molar-refractivity contribution >= 4 is 17.7 Å². The number of nitrogens with one attached hydrogen (secondary N) is 1. The van der Waals surface area contributed by atoms with Gasteiger partial charge in [-0.05, 0) is 11.3 Å². The number of hydrogen-bond acceptors (Lipinski definition) is 11. The molecule has 2 heterocycles. The molecule has 7 N–H and O–H groups in total. The van der Waals surface area contributed by atoms with Gasteiger partial charge in [-0.1, -0.05) is 37.3 Å². The van der Waals surface area contributed by atoms with Gasteiger partial charge in [-0.15, -0.1) is 11.8 Å². The zero-order valence-corrected chi connectivity index (χ0v) is 20.6. The first-order valence-electron chi connectivity index (χ1n) is 11.6. The first-order valence-corrected chi connectivity index (χ1v) is 12.7. The van der Waals surface area contributed by atoms with Crippen molar-refractivity contribution in [2.24, 2.45) is 5.73 Å². The zero-order valence-electron chi connectivity index (χ0n) is 19.8. The number of benzene rings is 1. The van der Waals surface area contributed by atoms with Crippen molar-refractivity contribution in [1.82, 2.24) is 5.32 Å². The maximum absolute atomic E-state index is 11.7. The molecule has 0 aliphatic carbocycles. The summed E-state index contributed by atoms with van der Waals surface area (Å²) in [7, 11) is 0. The van der Waals surface area contributed by atoms with Crippen LogP contribution in [0.2, 0.25) is 0 Å². The second-order valence-corrected chi connectivity index (χ2v) is 9.98. The van der Waals surface area contributed by atoms with Crippen LogP contribution in [-0.4, -0.2) is 106 Å². The molecule has 198 valence electrons. The third-order valence-corrected chi connectivity index (χ3v) is 7.07. The molecule has 2 aliphatic rings. The van der Waals surface area contributed by atoms with Crippen LogP contribution in [0.1, 0.15) is 19.4 Å². The minimum absolute atomic E-state index is 0.0741. The fourth-order valence-corrected chi connectivity index (χ4v) is 5.10. The zero-order chi connectivity index (χ0) is 25.5. The minimum Gasteiger partial charge on any atom is -0.394 e. The first-order chi connectivity index (χ1) is 16.8. The third kappa shape index (κ3) is 7.13. The van der Waals surface area contributed by atoms with E-state index in [9.17, 15) is 25.2 Å². The van der Waals surface area contributed by atoms with Crippen LogP contribution in [0.25, 0.3) is 0 Å². The molecule has 0 radical (unpaired) electrons. The Morgan fingerprint density at radius 1 is 1.11 bits per heavy atom. The van der Waals surface area contributed by atoms with E-state index in [0.29, 0.717) is 12.4 Å². The lowest BCUT2D eigenvalue weighted by Crippen LogP contribution is -2.68. The van der Waals surface area contributed by atoms with Gasteiger partial charge in [-0.2, -0.15) is 0 Å². The van der Waals surface area contributed by atoms with E-state index in [0.717, 1.165) is 5.56 Å². The van der Waals surface area contributed by atoms with Crippen LogP contribution in [-0.2, 0) is 30.3 Å². The number of thioether (sulfide) groups is 1. The summed E-state index contributed by atoms with van der Waals surface area (Å²) in [6, 6.07) is 7.64. The highest BCUT2D eigenvalue weighted by Crippen LogP contribution is 2.32. The maximum Gasteiger partial charge on any atom is 0.217 e. The van der Waals surface area contributed by atoms with E-state index in [2.05, 4.69) is 5.32 Å². The van der Waals surface area contributed by atoms with Gasteiger partial charge in [0.25, 0.3) is 0 Å². The van der Waals surface area contributed by atoms with Gasteiger partial charge >= 0.3 is 0 Å². The predicted octanol–water partition coefficient (Wildman–Crippen LogP) is -1.30. The van der Waals surface area contributed by atoms with Crippen molar-refractivity contribution in [3.05, 3.63) is 35.9 Å². The van der Waals surface area contributed by atoms with Gasteiger partial charge < -0.3 is 50.4 Å². The fourth-order valence-electron chi connectivity index (χ4n) is 4.17. The first kappa shape index (κ1) is 28.3. The van der Waals surface area contributed by atoms with Crippen molar-refractivity contribution in [1.29, 1.82) is 0 Å². The average Bonchev–Trinajstić information content (AvgIpc) is 2.84. The Kier molecular flexibility index (Phi) is 10.7. The van der Waals surface area contributed by atoms with Gasteiger partial charge in [-0.25, -0.2) is 0 Å². The molecule has 2 aliphatic heterocycles. The summed E-state index contributed by atoms with van der Waals surface area (Å²) >= 11 is 1.45. The van der Waals surface area contributed by atoms with Crippen LogP contribution in [0.15, 0.2) is 30.3 Å². The quantitative estimate of drug-likeness (QED) is 0.218. The van der Waals surface area contributed by atoms with Gasteiger partial charge in [-0.3, -0.25) is 4.79 Å². The molecular formula is C23H36N2O9S. The molecule has 3 rings (SSSR count). The summed E-state index contributed by atoms with van der Waals surface area (Å²) in [6.07, 6.45) is -8.37. The van der Waals surface area contributed by atoms with Crippen molar-refractivity contribution in [2.45, 2.75) is 80.9 Å². The molecule has 11 nitrogen and oxygen atoms in total. The summed E-state index contributed by atoms with van der Waals surface area (Å²) in [5, 5.41) is 44.0. The number of carbonyl (C=O) groups is 1. The van der Waals surface area contributed by atoms with Crippen LogP contribution in [0.4, 0.5) is 0 Å². The molecule has 0 unspecified atom stereocenters. The van der Waals surface area contributed by atoms with Gasteiger partial charge in [0.1, 0.15) is 48.1 Å². The maximum atomic E-state index is 11.7. The predicted molar refractivity (Wildman–Crippen MR) is 127 cm³/mol. The number of aliphatic hydroxyl groups excluding tert-OH is 4. The summed E-state index contributed by atoms with van der Waals surface area (Å²) < 4.78 is 23.5. The summed E-state index contributed by atoms with van der Waals surface area (Å²) in [5.41, 5.74) is 6.85. The largest absolute Gasteiger partial charge is 0.394 e. The molecule has 1 aromatic carbocycles. The van der Waals surface area contributed by atoms with Crippen LogP contribution < -0.4 is 11.1 Å². The van der Waals surface area contributed by atoms with Crippen molar-refractivity contribution < 1.29 is 44.2 Å². The number of aliphatic hydroxyl groups is 4. The normalized spacial score (nSPS) is 37.7. The Hall–Kier alpha value is -1.32. The summed E-state index contributed by atoms with van der Waals surface area (Å²) in [4.78, 5) is 11.7. The molecular weight excluding hydrogens is 480 g/mol. The molecule has 0 aromatic heterocycles. The lowest BCUT2D eigenvalue weighted by atomic mass is 9.95. The second-order valence-electron chi connectivity index (χ2n) is 8.60. The molecule has 0 spiro atoms. The molecule has 2 fully saturated rings. The Morgan fingerprint density at radius 3 is 2.46 bits per heavy atom. The number of rotatable bonds is 10. The van der Waals surface area contributed by atoms with E-state index in [1.807, 2.05) is 37.3 Å². The van der Waals surface area contributed by atoms with Gasteiger partial charge in [0.05, 0.1) is 25.9 Å². The number of carbonyl (C=O) groups excluding carboxylic acids is 1. The van der Waals surface area contributed by atoms with Crippen molar-refractivity contribution in [3.8, 4) is 0 Å². The molecule has 12 heteroatoms. The Balaban J connectivity index is 1.75. The van der Waals surface area contributed by atoms with E-state index in [1.165, 1.54) is 18.7 Å². The lowest BCUT2D eigenvalue weighted by Gasteiger charge is -2.47. The molecule has 0 bridgehead atoms. The fraction of sp³-hybridized carbons (Fsp3) is 0.696. The van der Waals surface area contributed by atoms with E-state index in [-0.39, 0.29) is 6.61 Å². The standard InChI is InChI=1S/C23H36N2O9S/c1-3-35-23-16(24)21(19(29)15(33-23)11-31-10-13-7-5-4-6-8-13)34-22-17(25-12(2)27)20(30)18(28)14(9-26)32-22/h4-8,14-23,26,28-30H,3,9-11,24H2,1-2H3,(H,25,27)/t14-,15-,16-,17-,18+,19-,20-,21-,22+,23+/m1/s1. The molecule has 35 heavy (non-hydrogen) atoms. The van der Waals surface area contributed by atoms with E-state index >= 15 is 0 Å². The highest BCUT2D eigenvalue weighted by atomic mass is 32.2. The van der Waals surface area contributed by atoms with Crippen molar-refractivity contribution in [3.63, 3.8) is 0 Å². The van der Waals surface area contributed by atoms with Crippen LogP contribution in [0.3, 0.4) is 0 Å². The second kappa shape index (κ2) is 13.3. The van der Waals surface area contributed by atoms with Gasteiger partial charge in [0.15, 0.2) is 6.29 Å². The molecule has 2 saturated heterocycles. The smallest absolute Gasteiger partial charge is 0.217 e. The van der Waals surface area contributed by atoms with Gasteiger partial charge in [0, 0.05) is 6.92 Å². The van der Waals surface area contributed by atoms with E-state index in [4.69, 9.17) is 24.7 Å². The van der Waals surface area contributed by atoms with Crippen LogP contribution in [0, 0.1) is 0 Å². The molecule has 1 amide bonds. The van der Waals surface area contributed by atoms with Gasteiger partial charge in [0.2, 0.25) is 5.91 Å². The van der Waals surface area contributed by atoms with E-state index in [1.54, 1.807) is 0 Å². The number of hydrogen-bond donors (Lipinski definition) is 6. The topological polar surface area (TPSA) is 173 Å². The highest BCUT2D eigenvalue weighted by Gasteiger charge is 2.50. The molecule has 10 atom stereocenters. The minimum atomic E-state index is -1.48. The van der Waals surface area contributed by atoms with E-state index < -0.39 is 72.9 Å². The summed E-state index contributed by atoms with van der Waals surface area (Å²) in [6.45, 7) is 3.01. The monoisotopic (exact) mass is 516 g/mol. The Labute approximate surface area is 208 Å². The molecule has 0 saturated carbocycles. The third-order valence-electron chi connectivity index (χ3n) is 5.99. The number of nitrogens with two attached hydrogens (primary N) is 1. The van der Waals surface area contributed by atoms with Crippen molar-refractivity contribution in [2.75, 3.05) is 19.0 Å². The lowest BCUT2D eigenvalue weighted by molar-refractivity contribution is -0.305. The Bertz CT molecular complexity index is 792. The number of amides is 1. The Morgan fingerprint density at radius 2 is 1.83 bits per heavy atom. The average molecular weight is 517 g/mol. The highest BCUT2D eigenvalue weighted by molar-refractivity contribution is 7.99.